The Morgan fingerprint density at radius 2 is 0.435 bits per heavy atom. The number of allylic oxidation sites excluding steroid dienone is 12. The highest BCUT2D eigenvalue weighted by Gasteiger charge is 2.16. The molecule has 0 bridgehead atoms. The third kappa shape index (κ3) is 79.8. The number of carbonyl (C=O) groups excluding carboxylic acids is 2. The van der Waals surface area contributed by atoms with Crippen LogP contribution in [0, 0.1) is 0 Å². The van der Waals surface area contributed by atoms with Gasteiger partial charge in [-0.3, -0.25) is 9.59 Å². The van der Waals surface area contributed by atoms with Crippen LogP contribution in [0.4, 0.5) is 0 Å². The molecule has 0 spiro atoms. The molecule has 0 saturated carbocycles. The molecular formula is C87H160O5. The summed E-state index contributed by atoms with van der Waals surface area (Å²) in [4.78, 5) is 24.7. The minimum absolute atomic E-state index is 0.0603. The molecule has 0 fully saturated rings. The molecule has 0 heterocycles. The first-order valence-corrected chi connectivity index (χ1v) is 41.5. The number of unbranched alkanes of at least 4 members (excludes halogenated alkanes) is 58. The Hall–Kier alpha value is -2.66. The average molecular weight is 1290 g/mol. The van der Waals surface area contributed by atoms with Gasteiger partial charge in [-0.15, -0.1) is 0 Å². The van der Waals surface area contributed by atoms with Gasteiger partial charge < -0.3 is 14.6 Å². The summed E-state index contributed by atoms with van der Waals surface area (Å²) >= 11 is 0. The van der Waals surface area contributed by atoms with E-state index in [-0.39, 0.29) is 25.2 Å². The number of aliphatic hydroxyl groups excluding tert-OH is 1. The first kappa shape index (κ1) is 89.3. The lowest BCUT2D eigenvalue weighted by molar-refractivity contribution is -0.161. The molecule has 5 nitrogen and oxygen atoms in total. The van der Waals surface area contributed by atoms with Crippen LogP contribution in [-0.2, 0) is 19.1 Å². The second-order valence-electron chi connectivity index (χ2n) is 28.2. The fraction of sp³-hybridized carbons (Fsp3) is 0.839. The fourth-order valence-electron chi connectivity index (χ4n) is 12.8. The van der Waals surface area contributed by atoms with E-state index in [0.29, 0.717) is 12.8 Å². The van der Waals surface area contributed by atoms with Crippen LogP contribution in [0.3, 0.4) is 0 Å². The number of carbonyl (C=O) groups is 2. The molecule has 1 atom stereocenters. The van der Waals surface area contributed by atoms with Gasteiger partial charge in [-0.2, -0.15) is 0 Å². The monoisotopic (exact) mass is 1290 g/mol. The van der Waals surface area contributed by atoms with E-state index in [1.165, 1.54) is 360 Å². The third-order valence-corrected chi connectivity index (χ3v) is 19.0. The van der Waals surface area contributed by atoms with E-state index in [2.05, 4.69) is 86.8 Å². The molecule has 0 amide bonds. The molecule has 0 aliphatic carbocycles. The molecular weight excluding hydrogens is 1120 g/mol. The number of rotatable bonds is 78. The number of hydrogen-bond donors (Lipinski definition) is 1. The van der Waals surface area contributed by atoms with E-state index in [4.69, 9.17) is 9.47 Å². The maximum atomic E-state index is 12.4. The standard InChI is InChI=1S/C87H160O5/c1-3-5-7-9-11-13-15-17-19-21-23-25-27-29-31-33-35-37-39-41-43-45-47-49-51-53-55-57-59-61-63-65-67-69-71-73-75-77-79-81-86(89)91-84-85(83-88)92-87(90)82-80-78-76-74-72-70-68-66-64-62-60-58-56-54-52-50-48-46-44-42-40-38-36-34-32-30-28-26-24-22-20-18-16-14-12-10-8-6-4-2/h15-18,21-24,27-30,85,88H,3-14,19-20,25-26,31-84H2,1-2H3/b17-15-,18-16-,23-21-,24-22-,29-27-,30-28-. The quantitative estimate of drug-likeness (QED) is 0.0373. The maximum absolute atomic E-state index is 12.4. The summed E-state index contributed by atoms with van der Waals surface area (Å²) in [5, 5.41) is 9.74. The van der Waals surface area contributed by atoms with Crippen molar-refractivity contribution in [2.45, 2.75) is 457 Å². The van der Waals surface area contributed by atoms with Crippen molar-refractivity contribution >= 4 is 11.9 Å². The van der Waals surface area contributed by atoms with Gasteiger partial charge in [0.25, 0.3) is 0 Å². The normalized spacial score (nSPS) is 12.5. The summed E-state index contributed by atoms with van der Waals surface area (Å²) in [7, 11) is 0. The Labute approximate surface area is 575 Å². The number of aliphatic hydroxyl groups is 1. The number of ether oxygens (including phenoxy) is 2. The zero-order valence-electron chi connectivity index (χ0n) is 62.1. The second-order valence-corrected chi connectivity index (χ2v) is 28.2. The molecule has 1 unspecified atom stereocenters. The smallest absolute Gasteiger partial charge is 0.306 e. The van der Waals surface area contributed by atoms with Crippen molar-refractivity contribution < 1.29 is 24.2 Å². The molecule has 5 heteroatoms. The first-order valence-electron chi connectivity index (χ1n) is 41.5. The molecule has 1 N–H and O–H groups in total. The van der Waals surface area contributed by atoms with Crippen LogP contribution in [0.25, 0.3) is 0 Å². The molecule has 0 aliphatic heterocycles. The van der Waals surface area contributed by atoms with Crippen molar-refractivity contribution in [1.29, 1.82) is 0 Å². The summed E-state index contributed by atoms with van der Waals surface area (Å²) in [5.41, 5.74) is 0. The molecule has 0 rings (SSSR count). The summed E-state index contributed by atoms with van der Waals surface area (Å²) < 4.78 is 10.8. The second kappa shape index (κ2) is 82.6. The number of hydrogen-bond acceptors (Lipinski definition) is 5. The molecule has 538 valence electrons. The van der Waals surface area contributed by atoms with Crippen molar-refractivity contribution in [2.24, 2.45) is 0 Å². The van der Waals surface area contributed by atoms with Gasteiger partial charge in [0.2, 0.25) is 0 Å². The van der Waals surface area contributed by atoms with E-state index < -0.39 is 6.10 Å². The van der Waals surface area contributed by atoms with Gasteiger partial charge >= 0.3 is 11.9 Å². The van der Waals surface area contributed by atoms with Gasteiger partial charge in [-0.05, 0) is 89.9 Å². The summed E-state index contributed by atoms with van der Waals surface area (Å²) in [5.74, 6) is -0.565. The lowest BCUT2D eigenvalue weighted by Gasteiger charge is -2.15. The third-order valence-electron chi connectivity index (χ3n) is 19.0. The summed E-state index contributed by atoms with van der Waals surface area (Å²) in [6, 6.07) is 0. The van der Waals surface area contributed by atoms with E-state index in [9.17, 15) is 14.7 Å². The van der Waals surface area contributed by atoms with Crippen molar-refractivity contribution in [3.05, 3.63) is 72.9 Å². The molecule has 0 aromatic carbocycles. The van der Waals surface area contributed by atoms with E-state index in [1.54, 1.807) is 0 Å². The van der Waals surface area contributed by atoms with Crippen LogP contribution in [-0.4, -0.2) is 36.4 Å². The van der Waals surface area contributed by atoms with Crippen molar-refractivity contribution in [2.75, 3.05) is 13.2 Å². The Bertz CT molecular complexity index is 1600. The first-order chi connectivity index (χ1) is 45.6. The van der Waals surface area contributed by atoms with Gasteiger partial charge in [0.1, 0.15) is 6.61 Å². The largest absolute Gasteiger partial charge is 0.462 e. The van der Waals surface area contributed by atoms with Crippen molar-refractivity contribution in [3.8, 4) is 0 Å². The summed E-state index contributed by atoms with van der Waals surface area (Å²) in [6.07, 6.45) is 116. The zero-order valence-corrected chi connectivity index (χ0v) is 62.1. The van der Waals surface area contributed by atoms with Gasteiger partial charge in [-0.25, -0.2) is 0 Å². The van der Waals surface area contributed by atoms with Gasteiger partial charge in [0, 0.05) is 12.8 Å². The number of esters is 2. The Morgan fingerprint density at radius 3 is 0.652 bits per heavy atom. The fourth-order valence-corrected chi connectivity index (χ4v) is 12.8. The lowest BCUT2D eigenvalue weighted by Crippen LogP contribution is -2.28. The zero-order chi connectivity index (χ0) is 66.1. The van der Waals surface area contributed by atoms with Crippen molar-refractivity contribution in [3.63, 3.8) is 0 Å². The molecule has 92 heavy (non-hydrogen) atoms. The maximum Gasteiger partial charge on any atom is 0.306 e. The van der Waals surface area contributed by atoms with Crippen LogP contribution in [0.15, 0.2) is 72.9 Å². The predicted octanol–water partition coefficient (Wildman–Crippen LogP) is 29.3. The van der Waals surface area contributed by atoms with Gasteiger partial charge in [0.05, 0.1) is 6.61 Å². The van der Waals surface area contributed by atoms with Gasteiger partial charge in [0.15, 0.2) is 6.10 Å². The predicted molar refractivity (Wildman–Crippen MR) is 408 cm³/mol. The van der Waals surface area contributed by atoms with E-state index >= 15 is 0 Å². The van der Waals surface area contributed by atoms with Crippen LogP contribution < -0.4 is 0 Å². The van der Waals surface area contributed by atoms with Crippen molar-refractivity contribution in [1.82, 2.24) is 0 Å². The van der Waals surface area contributed by atoms with Crippen LogP contribution in [0.2, 0.25) is 0 Å². The van der Waals surface area contributed by atoms with Crippen LogP contribution in [0.1, 0.15) is 450 Å². The Kier molecular flexibility index (Phi) is 80.2. The molecule has 0 aromatic heterocycles. The lowest BCUT2D eigenvalue weighted by atomic mass is 10.0. The Balaban J connectivity index is 3.37. The highest BCUT2D eigenvalue weighted by Crippen LogP contribution is 2.20. The molecule has 0 aromatic rings. The van der Waals surface area contributed by atoms with Gasteiger partial charge in [-0.1, -0.05) is 421 Å². The SMILES string of the molecule is CCCCCCC/C=C\C/C=C\C/C=C\CCCCCCCCCCCCCCCCCCCCCCCCCCC(=O)OCC(CO)OC(=O)CCCCCCCCCCCCCCCCCCCCCCCCCC/C=C\C/C=C\C/C=C\CCCCCCC. The van der Waals surface area contributed by atoms with E-state index in [1.807, 2.05) is 0 Å². The topological polar surface area (TPSA) is 72.8 Å². The minimum Gasteiger partial charge on any atom is -0.462 e. The molecule has 0 saturated heterocycles. The average Bonchev–Trinajstić information content (AvgIpc) is 3.75. The summed E-state index contributed by atoms with van der Waals surface area (Å²) in [6.45, 7) is 4.18. The Morgan fingerprint density at radius 1 is 0.250 bits per heavy atom. The highest BCUT2D eigenvalue weighted by molar-refractivity contribution is 5.70. The molecule has 0 aliphatic rings. The highest BCUT2D eigenvalue weighted by atomic mass is 16.6. The van der Waals surface area contributed by atoms with Crippen LogP contribution >= 0.6 is 0 Å². The van der Waals surface area contributed by atoms with Crippen LogP contribution in [0.5, 0.6) is 0 Å². The molecule has 0 radical (unpaired) electrons. The minimum atomic E-state index is -0.772. The van der Waals surface area contributed by atoms with E-state index in [0.717, 1.165) is 64.2 Å².